The van der Waals surface area contributed by atoms with Crippen LogP contribution in [-0.2, 0) is 22.6 Å². The van der Waals surface area contributed by atoms with E-state index in [1.807, 2.05) is 24.3 Å². The van der Waals surface area contributed by atoms with Crippen molar-refractivity contribution in [1.29, 1.82) is 0 Å². The predicted octanol–water partition coefficient (Wildman–Crippen LogP) is 0.292. The Morgan fingerprint density at radius 1 is 1.33 bits per heavy atom. The number of amides is 1. The van der Waals surface area contributed by atoms with Gasteiger partial charge in [-0.25, -0.2) is 0 Å². The van der Waals surface area contributed by atoms with Crippen LogP contribution in [0.2, 0.25) is 0 Å². The number of hydrogen-bond donors (Lipinski definition) is 3. The molecule has 1 aromatic carbocycles. The van der Waals surface area contributed by atoms with Crippen molar-refractivity contribution in [2.75, 3.05) is 6.54 Å². The molecule has 1 heterocycles. The van der Waals surface area contributed by atoms with Crippen LogP contribution in [0.25, 0.3) is 0 Å². The Balaban J connectivity index is 1.88. The molecule has 0 spiro atoms. The van der Waals surface area contributed by atoms with E-state index in [1.165, 1.54) is 11.1 Å². The first kappa shape index (κ1) is 12.6. The lowest BCUT2D eigenvalue weighted by molar-refractivity contribution is -0.137. The van der Waals surface area contributed by atoms with Gasteiger partial charge in [0.05, 0.1) is 12.5 Å². The van der Waals surface area contributed by atoms with Gasteiger partial charge in [0.1, 0.15) is 0 Å². The van der Waals surface area contributed by atoms with E-state index in [-0.39, 0.29) is 24.9 Å². The molecule has 1 aliphatic rings. The minimum atomic E-state index is -0.905. The Morgan fingerprint density at radius 3 is 2.78 bits per heavy atom. The number of nitrogens with one attached hydrogen (secondary N) is 2. The fourth-order valence-electron chi connectivity index (χ4n) is 2.06. The number of fused-ring (bicyclic) bond motifs is 1. The minimum absolute atomic E-state index is 0.0466. The molecule has 5 heteroatoms. The summed E-state index contributed by atoms with van der Waals surface area (Å²) >= 11 is 0. The molecule has 0 saturated carbocycles. The van der Waals surface area contributed by atoms with Crippen LogP contribution in [0.1, 0.15) is 17.5 Å². The molecule has 2 rings (SSSR count). The second kappa shape index (κ2) is 5.64. The maximum Gasteiger partial charge on any atom is 0.305 e. The van der Waals surface area contributed by atoms with Crippen LogP contribution < -0.4 is 10.6 Å². The van der Waals surface area contributed by atoms with Crippen molar-refractivity contribution >= 4 is 11.9 Å². The van der Waals surface area contributed by atoms with E-state index in [2.05, 4.69) is 10.6 Å². The molecule has 1 amide bonds. The first-order chi connectivity index (χ1) is 8.66. The number of aliphatic carboxylic acids is 1. The molecule has 1 aromatic rings. The molecule has 1 aliphatic heterocycles. The highest BCUT2D eigenvalue weighted by atomic mass is 16.4. The number of hydrogen-bond acceptors (Lipinski definition) is 3. The van der Waals surface area contributed by atoms with Gasteiger partial charge < -0.3 is 15.7 Å². The number of carbonyl (C=O) groups excluding carboxylic acids is 1. The standard InChI is InChI=1S/C13H16N2O3/c16-12(17)5-6-14-13(18)11-7-9-3-1-2-4-10(9)8-15-11/h1-4,11,15H,5-8H2,(H,14,18)(H,16,17). The van der Waals surface area contributed by atoms with E-state index in [0.29, 0.717) is 13.0 Å². The molecule has 3 N–H and O–H groups in total. The summed E-state index contributed by atoms with van der Waals surface area (Å²) in [6, 6.07) is 7.74. The van der Waals surface area contributed by atoms with Crippen LogP contribution in [0.4, 0.5) is 0 Å². The van der Waals surface area contributed by atoms with Gasteiger partial charge in [-0.2, -0.15) is 0 Å². The molecular formula is C13H16N2O3. The third-order valence-corrected chi connectivity index (χ3v) is 3.04. The number of carboxylic acids is 1. The van der Waals surface area contributed by atoms with Crippen LogP contribution in [0.3, 0.4) is 0 Å². The quantitative estimate of drug-likeness (QED) is 0.715. The summed E-state index contributed by atoms with van der Waals surface area (Å²) in [4.78, 5) is 22.2. The van der Waals surface area contributed by atoms with Crippen molar-refractivity contribution in [2.24, 2.45) is 0 Å². The smallest absolute Gasteiger partial charge is 0.305 e. The lowest BCUT2D eigenvalue weighted by Gasteiger charge is -2.25. The lowest BCUT2D eigenvalue weighted by atomic mass is 9.95. The highest BCUT2D eigenvalue weighted by Gasteiger charge is 2.23. The monoisotopic (exact) mass is 248 g/mol. The number of benzene rings is 1. The normalized spacial score (nSPS) is 17.9. The molecule has 0 radical (unpaired) electrons. The Bertz CT molecular complexity index is 459. The average Bonchev–Trinajstić information content (AvgIpc) is 2.37. The molecule has 0 aliphatic carbocycles. The highest BCUT2D eigenvalue weighted by molar-refractivity contribution is 5.82. The summed E-state index contributed by atoms with van der Waals surface area (Å²) in [5, 5.41) is 14.3. The maximum absolute atomic E-state index is 11.8. The molecule has 1 unspecified atom stereocenters. The van der Waals surface area contributed by atoms with E-state index in [1.54, 1.807) is 0 Å². The second-order valence-corrected chi connectivity index (χ2v) is 4.34. The largest absolute Gasteiger partial charge is 0.481 e. The summed E-state index contributed by atoms with van der Waals surface area (Å²) in [5.74, 6) is -1.04. The van der Waals surface area contributed by atoms with Crippen molar-refractivity contribution in [3.8, 4) is 0 Å². The van der Waals surface area contributed by atoms with Gasteiger partial charge in [0.2, 0.25) is 5.91 Å². The number of carboxylic acid groups (broad SMARTS) is 1. The van der Waals surface area contributed by atoms with Gasteiger partial charge in [0, 0.05) is 13.1 Å². The first-order valence-corrected chi connectivity index (χ1v) is 5.96. The topological polar surface area (TPSA) is 78.4 Å². The molecule has 96 valence electrons. The van der Waals surface area contributed by atoms with Crippen LogP contribution in [0.5, 0.6) is 0 Å². The van der Waals surface area contributed by atoms with Crippen molar-refractivity contribution in [3.63, 3.8) is 0 Å². The van der Waals surface area contributed by atoms with Gasteiger partial charge in [0.25, 0.3) is 0 Å². The molecule has 0 saturated heterocycles. The molecule has 0 bridgehead atoms. The van der Waals surface area contributed by atoms with Gasteiger partial charge in [-0.05, 0) is 17.5 Å². The first-order valence-electron chi connectivity index (χ1n) is 5.96. The number of rotatable bonds is 4. The third kappa shape index (κ3) is 3.07. The average molecular weight is 248 g/mol. The fraction of sp³-hybridized carbons (Fsp3) is 0.385. The summed E-state index contributed by atoms with van der Waals surface area (Å²) in [7, 11) is 0. The molecular weight excluding hydrogens is 232 g/mol. The Labute approximate surface area is 105 Å². The van der Waals surface area contributed by atoms with Crippen molar-refractivity contribution in [2.45, 2.75) is 25.4 Å². The van der Waals surface area contributed by atoms with Gasteiger partial charge in [-0.15, -0.1) is 0 Å². The van der Waals surface area contributed by atoms with Gasteiger partial charge in [-0.3, -0.25) is 9.59 Å². The summed E-state index contributed by atoms with van der Waals surface area (Å²) < 4.78 is 0. The zero-order valence-corrected chi connectivity index (χ0v) is 9.98. The highest BCUT2D eigenvalue weighted by Crippen LogP contribution is 2.16. The van der Waals surface area contributed by atoms with Gasteiger partial charge >= 0.3 is 5.97 Å². The summed E-state index contributed by atoms with van der Waals surface area (Å²) in [6.07, 6.45) is 0.601. The minimum Gasteiger partial charge on any atom is -0.481 e. The third-order valence-electron chi connectivity index (χ3n) is 3.04. The molecule has 1 atom stereocenters. The zero-order valence-electron chi connectivity index (χ0n) is 9.98. The molecule has 0 aromatic heterocycles. The summed E-state index contributed by atoms with van der Waals surface area (Å²) in [6.45, 7) is 0.848. The van der Waals surface area contributed by atoms with E-state index >= 15 is 0 Å². The van der Waals surface area contributed by atoms with Crippen LogP contribution in [0.15, 0.2) is 24.3 Å². The maximum atomic E-state index is 11.8. The predicted molar refractivity (Wildman–Crippen MR) is 66.0 cm³/mol. The summed E-state index contributed by atoms with van der Waals surface area (Å²) in [5.41, 5.74) is 2.39. The van der Waals surface area contributed by atoms with Crippen molar-refractivity contribution in [3.05, 3.63) is 35.4 Å². The van der Waals surface area contributed by atoms with Crippen LogP contribution in [-0.4, -0.2) is 29.6 Å². The second-order valence-electron chi connectivity index (χ2n) is 4.34. The molecule has 5 nitrogen and oxygen atoms in total. The van der Waals surface area contributed by atoms with Crippen LogP contribution >= 0.6 is 0 Å². The van der Waals surface area contributed by atoms with Gasteiger partial charge in [-0.1, -0.05) is 24.3 Å². The van der Waals surface area contributed by atoms with E-state index in [0.717, 1.165) is 0 Å². The van der Waals surface area contributed by atoms with Gasteiger partial charge in [0.15, 0.2) is 0 Å². The zero-order chi connectivity index (χ0) is 13.0. The Morgan fingerprint density at radius 2 is 2.06 bits per heavy atom. The van der Waals surface area contributed by atoms with Crippen molar-refractivity contribution in [1.82, 2.24) is 10.6 Å². The van der Waals surface area contributed by atoms with Crippen LogP contribution in [0, 0.1) is 0 Å². The number of carbonyl (C=O) groups is 2. The SMILES string of the molecule is O=C(O)CCNC(=O)C1Cc2ccccc2CN1. The van der Waals surface area contributed by atoms with E-state index in [9.17, 15) is 9.59 Å². The molecule has 18 heavy (non-hydrogen) atoms. The molecule has 0 fully saturated rings. The van der Waals surface area contributed by atoms with E-state index < -0.39 is 5.97 Å². The lowest BCUT2D eigenvalue weighted by Crippen LogP contribution is -2.48. The Hall–Kier alpha value is -1.88. The van der Waals surface area contributed by atoms with Crippen molar-refractivity contribution < 1.29 is 14.7 Å². The van der Waals surface area contributed by atoms with E-state index in [4.69, 9.17) is 5.11 Å². The Kier molecular flexibility index (Phi) is 3.94. The fourth-order valence-corrected chi connectivity index (χ4v) is 2.06.